The first kappa shape index (κ1) is 15.3. The van der Waals surface area contributed by atoms with Crippen LogP contribution >= 0.6 is 0 Å². The van der Waals surface area contributed by atoms with Gasteiger partial charge in [-0.05, 0) is 62.1 Å². The fourth-order valence-electron chi connectivity index (χ4n) is 2.75. The van der Waals surface area contributed by atoms with Crippen LogP contribution < -0.4 is 10.5 Å². The molecule has 0 aromatic heterocycles. The Balaban J connectivity index is 2.32. The van der Waals surface area contributed by atoms with Crippen molar-refractivity contribution in [2.75, 3.05) is 12.3 Å². The van der Waals surface area contributed by atoms with Crippen LogP contribution in [0.3, 0.4) is 0 Å². The van der Waals surface area contributed by atoms with Crippen LogP contribution in [0.4, 0.5) is 5.69 Å². The van der Waals surface area contributed by atoms with Crippen LogP contribution in [0.1, 0.15) is 42.9 Å². The number of benzene rings is 1. The van der Waals surface area contributed by atoms with Gasteiger partial charge in [0.15, 0.2) is 0 Å². The van der Waals surface area contributed by atoms with Crippen LogP contribution in [0.2, 0.25) is 0 Å². The van der Waals surface area contributed by atoms with Crippen molar-refractivity contribution in [3.8, 4) is 0 Å². The topological polar surface area (TPSA) is 72.2 Å². The first-order chi connectivity index (χ1) is 9.22. The molecule has 0 radical (unpaired) electrons. The number of hydrogen-bond donors (Lipinski definition) is 2. The second kappa shape index (κ2) is 5.04. The number of anilines is 1. The zero-order valence-electron chi connectivity index (χ0n) is 12.7. The molecular formula is C15H24N2O2S. The predicted octanol–water partition coefficient (Wildman–Crippen LogP) is 2.66. The van der Waals surface area contributed by atoms with Crippen LogP contribution in [-0.4, -0.2) is 15.0 Å². The van der Waals surface area contributed by atoms with E-state index in [1.54, 1.807) is 6.92 Å². The van der Waals surface area contributed by atoms with E-state index >= 15 is 0 Å². The summed E-state index contributed by atoms with van der Waals surface area (Å²) in [6, 6.07) is 1.84. The molecule has 4 nitrogen and oxygen atoms in total. The Labute approximate surface area is 121 Å². The Bertz CT molecular complexity index is 632. The van der Waals surface area contributed by atoms with Gasteiger partial charge in [-0.15, -0.1) is 0 Å². The summed E-state index contributed by atoms with van der Waals surface area (Å²) in [5, 5.41) is 0. The van der Waals surface area contributed by atoms with Gasteiger partial charge in [-0.1, -0.05) is 13.0 Å². The molecule has 3 N–H and O–H groups in total. The standard InChI is InChI=1S/C15H24N2O2S/c1-5-15(6-7-15)9-17-20(18,19)14-11(3)8-10(2)13(16)12(14)4/h8,17H,5-7,9,16H2,1-4H3. The average molecular weight is 296 g/mol. The zero-order chi connectivity index (χ0) is 15.1. The van der Waals surface area contributed by atoms with E-state index < -0.39 is 10.0 Å². The first-order valence-corrected chi connectivity index (χ1v) is 8.57. The third-order valence-corrected chi connectivity index (χ3v) is 6.26. The molecule has 0 heterocycles. The van der Waals surface area contributed by atoms with Gasteiger partial charge in [0.25, 0.3) is 0 Å². The Hall–Kier alpha value is -1.07. The van der Waals surface area contributed by atoms with Crippen molar-refractivity contribution < 1.29 is 8.42 Å². The number of aryl methyl sites for hydroxylation is 2. The maximum Gasteiger partial charge on any atom is 0.241 e. The van der Waals surface area contributed by atoms with E-state index in [0.717, 1.165) is 30.4 Å². The molecule has 0 unspecified atom stereocenters. The number of rotatable bonds is 5. The second-order valence-electron chi connectivity index (χ2n) is 6.06. The quantitative estimate of drug-likeness (QED) is 0.821. The van der Waals surface area contributed by atoms with Crippen molar-refractivity contribution in [1.29, 1.82) is 0 Å². The zero-order valence-corrected chi connectivity index (χ0v) is 13.5. The SMILES string of the molecule is CCC1(CNS(=O)(=O)c2c(C)cc(C)c(N)c2C)CC1. The summed E-state index contributed by atoms with van der Waals surface area (Å²) in [6.45, 7) is 8.13. The summed E-state index contributed by atoms with van der Waals surface area (Å²) in [4.78, 5) is 0.340. The molecular weight excluding hydrogens is 272 g/mol. The Morgan fingerprint density at radius 3 is 2.35 bits per heavy atom. The Kier molecular flexibility index (Phi) is 3.86. The predicted molar refractivity (Wildman–Crippen MR) is 82.2 cm³/mol. The molecule has 0 bridgehead atoms. The number of sulfonamides is 1. The summed E-state index contributed by atoms with van der Waals surface area (Å²) in [7, 11) is -3.49. The van der Waals surface area contributed by atoms with Gasteiger partial charge in [-0.3, -0.25) is 0 Å². The van der Waals surface area contributed by atoms with Crippen molar-refractivity contribution in [3.05, 3.63) is 22.8 Å². The first-order valence-electron chi connectivity index (χ1n) is 7.08. The molecule has 1 aromatic carbocycles. The highest BCUT2D eigenvalue weighted by atomic mass is 32.2. The molecule has 2 rings (SSSR count). The van der Waals surface area contributed by atoms with Crippen molar-refractivity contribution in [2.45, 2.75) is 51.9 Å². The minimum Gasteiger partial charge on any atom is -0.398 e. The Morgan fingerprint density at radius 2 is 1.85 bits per heavy atom. The smallest absolute Gasteiger partial charge is 0.241 e. The summed E-state index contributed by atoms with van der Waals surface area (Å²) >= 11 is 0. The van der Waals surface area contributed by atoms with E-state index in [1.165, 1.54) is 0 Å². The van der Waals surface area contributed by atoms with Gasteiger partial charge in [0.1, 0.15) is 0 Å². The van der Waals surface area contributed by atoms with Gasteiger partial charge in [-0.2, -0.15) is 0 Å². The molecule has 0 amide bonds. The van der Waals surface area contributed by atoms with Crippen LogP contribution in [0.5, 0.6) is 0 Å². The van der Waals surface area contributed by atoms with Crippen molar-refractivity contribution >= 4 is 15.7 Å². The minimum absolute atomic E-state index is 0.186. The summed E-state index contributed by atoms with van der Waals surface area (Å²) < 4.78 is 27.9. The van der Waals surface area contributed by atoms with E-state index in [2.05, 4.69) is 11.6 Å². The van der Waals surface area contributed by atoms with Crippen molar-refractivity contribution in [3.63, 3.8) is 0 Å². The maximum absolute atomic E-state index is 12.6. The molecule has 0 atom stereocenters. The van der Waals surface area contributed by atoms with E-state index in [9.17, 15) is 8.42 Å². The lowest BCUT2D eigenvalue weighted by Gasteiger charge is -2.18. The van der Waals surface area contributed by atoms with Gasteiger partial charge in [0.2, 0.25) is 10.0 Å². The second-order valence-corrected chi connectivity index (χ2v) is 7.76. The molecule has 112 valence electrons. The lowest BCUT2D eigenvalue weighted by atomic mass is 10.1. The highest BCUT2D eigenvalue weighted by Crippen LogP contribution is 2.48. The largest absolute Gasteiger partial charge is 0.398 e. The monoisotopic (exact) mass is 296 g/mol. The average Bonchev–Trinajstić information content (AvgIpc) is 3.14. The van der Waals surface area contributed by atoms with Gasteiger partial charge in [0, 0.05) is 12.2 Å². The van der Waals surface area contributed by atoms with Crippen molar-refractivity contribution in [2.24, 2.45) is 5.41 Å². The molecule has 1 aliphatic rings. The number of nitrogen functional groups attached to an aromatic ring is 1. The molecule has 5 heteroatoms. The summed E-state index contributed by atoms with van der Waals surface area (Å²) in [5.41, 5.74) is 9.05. The van der Waals surface area contributed by atoms with E-state index in [1.807, 2.05) is 19.9 Å². The molecule has 1 saturated carbocycles. The van der Waals surface area contributed by atoms with Gasteiger partial charge < -0.3 is 5.73 Å². The van der Waals surface area contributed by atoms with Crippen LogP contribution in [0, 0.1) is 26.2 Å². The van der Waals surface area contributed by atoms with Gasteiger partial charge in [0.05, 0.1) is 4.90 Å². The molecule has 1 aromatic rings. The van der Waals surface area contributed by atoms with Gasteiger partial charge >= 0.3 is 0 Å². The van der Waals surface area contributed by atoms with Crippen molar-refractivity contribution in [1.82, 2.24) is 4.72 Å². The van der Waals surface area contributed by atoms with Crippen LogP contribution in [-0.2, 0) is 10.0 Å². The third-order valence-electron chi connectivity index (χ3n) is 4.57. The fraction of sp³-hybridized carbons (Fsp3) is 0.600. The lowest BCUT2D eigenvalue weighted by molar-refractivity contribution is 0.475. The Morgan fingerprint density at radius 1 is 1.25 bits per heavy atom. The third kappa shape index (κ3) is 2.69. The van der Waals surface area contributed by atoms with Crippen LogP contribution in [0.25, 0.3) is 0 Å². The van der Waals surface area contributed by atoms with Crippen LogP contribution in [0.15, 0.2) is 11.0 Å². The summed E-state index contributed by atoms with van der Waals surface area (Å²) in [6.07, 6.45) is 3.24. The normalized spacial score (nSPS) is 17.2. The maximum atomic E-state index is 12.6. The highest BCUT2D eigenvalue weighted by molar-refractivity contribution is 7.89. The van der Waals surface area contributed by atoms with E-state index in [4.69, 9.17) is 5.73 Å². The molecule has 0 aliphatic heterocycles. The highest BCUT2D eigenvalue weighted by Gasteiger charge is 2.41. The molecule has 1 aliphatic carbocycles. The number of hydrogen-bond acceptors (Lipinski definition) is 3. The number of nitrogens with two attached hydrogens (primary N) is 1. The fourth-order valence-corrected chi connectivity index (χ4v) is 4.38. The molecule has 0 spiro atoms. The summed E-state index contributed by atoms with van der Waals surface area (Å²) in [5.74, 6) is 0. The molecule has 20 heavy (non-hydrogen) atoms. The molecule has 1 fully saturated rings. The minimum atomic E-state index is -3.49. The lowest BCUT2D eigenvalue weighted by Crippen LogP contribution is -2.31. The van der Waals surface area contributed by atoms with E-state index in [0.29, 0.717) is 22.7 Å². The number of nitrogens with one attached hydrogen (secondary N) is 1. The molecule has 0 saturated heterocycles. The van der Waals surface area contributed by atoms with E-state index in [-0.39, 0.29) is 5.41 Å². The van der Waals surface area contributed by atoms with Gasteiger partial charge in [-0.25, -0.2) is 13.1 Å².